The van der Waals surface area contributed by atoms with Gasteiger partial charge in [-0.2, -0.15) is 0 Å². The maximum Gasteiger partial charge on any atom is 0.513 e. The zero-order valence-electron chi connectivity index (χ0n) is 32.0. The second-order valence-electron chi connectivity index (χ2n) is 11.9. The molecule has 0 N–H and O–H groups in total. The van der Waals surface area contributed by atoms with Gasteiger partial charge in [0.2, 0.25) is 0 Å². The van der Waals surface area contributed by atoms with Gasteiger partial charge in [0.15, 0.2) is 0 Å². The lowest BCUT2D eigenvalue weighted by Gasteiger charge is -2.11. The number of rotatable bonds is 23. The quantitative estimate of drug-likeness (QED) is 0.0171. The summed E-state index contributed by atoms with van der Waals surface area (Å²) in [5.41, 5.74) is 0.453. The SMILES string of the molecule is C=CC(=O)OCCCCOC(=O)Oc1ccc(C(=O)OC(=C)CCC(=C)OC(=O)c2ccc(OC(=O)c3ccc(OC(=O)OCCCCOC(=O)C=C)cc3)cc2)cc1. The van der Waals surface area contributed by atoms with Gasteiger partial charge in [0.05, 0.1) is 43.1 Å². The summed E-state index contributed by atoms with van der Waals surface area (Å²) in [7, 11) is 0. The molecule has 16 nitrogen and oxygen atoms in total. The van der Waals surface area contributed by atoms with Crippen molar-refractivity contribution in [2.24, 2.45) is 0 Å². The minimum absolute atomic E-state index is 0.0543. The summed E-state index contributed by atoms with van der Waals surface area (Å²) in [5, 5.41) is 0. The molecule has 0 atom stereocenters. The molecule has 59 heavy (non-hydrogen) atoms. The lowest BCUT2D eigenvalue weighted by Crippen LogP contribution is -2.13. The summed E-state index contributed by atoms with van der Waals surface area (Å²) >= 11 is 0. The summed E-state index contributed by atoms with van der Waals surface area (Å²) in [6, 6.07) is 16.7. The van der Waals surface area contributed by atoms with Gasteiger partial charge in [-0.3, -0.25) is 0 Å². The van der Waals surface area contributed by atoms with E-state index in [-0.39, 0.29) is 84.7 Å². The second kappa shape index (κ2) is 24.9. The molecule has 0 heterocycles. The summed E-state index contributed by atoms with van der Waals surface area (Å²) in [6.07, 6.45) is 2.30. The van der Waals surface area contributed by atoms with Crippen LogP contribution in [-0.4, -0.2) is 68.6 Å². The van der Waals surface area contributed by atoms with Crippen molar-refractivity contribution in [3.05, 3.63) is 139 Å². The third-order valence-corrected chi connectivity index (χ3v) is 7.38. The molecule has 0 spiro atoms. The van der Waals surface area contributed by atoms with E-state index in [4.69, 9.17) is 42.6 Å². The molecule has 0 amide bonds. The van der Waals surface area contributed by atoms with E-state index in [2.05, 4.69) is 26.3 Å². The first-order valence-corrected chi connectivity index (χ1v) is 18.0. The van der Waals surface area contributed by atoms with Crippen molar-refractivity contribution < 1.29 is 76.2 Å². The monoisotopic (exact) mass is 814 g/mol. The molecule has 0 bridgehead atoms. The molecule has 3 aromatic carbocycles. The Kier molecular flexibility index (Phi) is 19.4. The second-order valence-corrected chi connectivity index (χ2v) is 11.9. The average molecular weight is 815 g/mol. The Labute approximate surface area is 339 Å². The van der Waals surface area contributed by atoms with Crippen LogP contribution >= 0.6 is 0 Å². The lowest BCUT2D eigenvalue weighted by molar-refractivity contribution is -0.138. The molecule has 0 aliphatic rings. The molecule has 0 aliphatic carbocycles. The van der Waals surface area contributed by atoms with Crippen molar-refractivity contribution in [2.45, 2.75) is 38.5 Å². The van der Waals surface area contributed by atoms with Gasteiger partial charge in [-0.25, -0.2) is 33.6 Å². The van der Waals surface area contributed by atoms with E-state index >= 15 is 0 Å². The van der Waals surface area contributed by atoms with Gasteiger partial charge >= 0.3 is 42.2 Å². The summed E-state index contributed by atoms with van der Waals surface area (Å²) < 4.78 is 45.6. The van der Waals surface area contributed by atoms with E-state index in [0.717, 1.165) is 12.2 Å². The lowest BCUT2D eigenvalue weighted by atomic mass is 10.2. The number of carbonyl (C=O) groups is 7. The predicted molar refractivity (Wildman–Crippen MR) is 207 cm³/mol. The highest BCUT2D eigenvalue weighted by molar-refractivity contribution is 5.92. The van der Waals surface area contributed by atoms with Crippen molar-refractivity contribution in [1.82, 2.24) is 0 Å². The molecule has 16 heteroatoms. The van der Waals surface area contributed by atoms with Crippen LogP contribution in [0.25, 0.3) is 0 Å². The molecule has 3 rings (SSSR count). The van der Waals surface area contributed by atoms with Crippen LogP contribution in [0.15, 0.2) is 123 Å². The first-order chi connectivity index (χ1) is 28.4. The van der Waals surface area contributed by atoms with Crippen molar-refractivity contribution in [1.29, 1.82) is 0 Å². The van der Waals surface area contributed by atoms with Gasteiger partial charge in [-0.1, -0.05) is 26.3 Å². The molecule has 310 valence electrons. The molecule has 0 radical (unpaired) electrons. The number of hydrogen-bond acceptors (Lipinski definition) is 16. The molecule has 0 unspecified atom stereocenters. The third-order valence-electron chi connectivity index (χ3n) is 7.38. The largest absolute Gasteiger partial charge is 0.513 e. The van der Waals surface area contributed by atoms with Crippen LogP contribution in [0.1, 0.15) is 69.6 Å². The molecule has 0 saturated carbocycles. The van der Waals surface area contributed by atoms with Crippen molar-refractivity contribution >= 4 is 42.2 Å². The Bertz CT molecular complexity index is 1980. The third kappa shape index (κ3) is 17.9. The molecule has 0 aromatic heterocycles. The fraction of sp³-hybridized carbons (Fsp3) is 0.233. The van der Waals surface area contributed by atoms with Crippen LogP contribution in [0.5, 0.6) is 17.2 Å². The van der Waals surface area contributed by atoms with Crippen molar-refractivity contribution in [3.8, 4) is 17.2 Å². The van der Waals surface area contributed by atoms with Crippen LogP contribution in [0.2, 0.25) is 0 Å². The average Bonchev–Trinajstić information content (AvgIpc) is 3.23. The number of carbonyl (C=O) groups excluding carboxylic acids is 7. The maximum absolute atomic E-state index is 12.7. The standard InChI is InChI=1S/C43H42O16/c1-5-37(44)51-25-7-9-27-53-42(49)58-35-21-15-32(16-22-35)40(47)56-30(4)12-11-29(3)55-39(46)31-13-19-34(20-14-31)57-41(48)33-17-23-36(24-18-33)59-43(50)54-28-10-8-26-52-38(45)6-2/h5-6,13-24H,1-4,7-12,25-28H2. The first-order valence-electron chi connectivity index (χ1n) is 18.0. The van der Waals surface area contributed by atoms with Gasteiger partial charge in [0.1, 0.15) is 28.8 Å². The molecular weight excluding hydrogens is 772 g/mol. The van der Waals surface area contributed by atoms with Crippen LogP contribution in [0, 0.1) is 0 Å². The number of allylic oxidation sites excluding steroid dienone is 2. The Hall–Kier alpha value is -7.49. The number of esters is 5. The van der Waals surface area contributed by atoms with E-state index in [9.17, 15) is 33.6 Å². The number of ether oxygens (including phenoxy) is 9. The molecule has 0 saturated heterocycles. The topological polar surface area (TPSA) is 203 Å². The Morgan fingerprint density at radius 3 is 1.07 bits per heavy atom. The van der Waals surface area contributed by atoms with E-state index < -0.39 is 42.2 Å². The Morgan fingerprint density at radius 2 is 0.729 bits per heavy atom. The fourth-order valence-corrected chi connectivity index (χ4v) is 4.34. The zero-order valence-corrected chi connectivity index (χ0v) is 32.0. The van der Waals surface area contributed by atoms with Crippen molar-refractivity contribution in [3.63, 3.8) is 0 Å². The molecule has 0 fully saturated rings. The van der Waals surface area contributed by atoms with E-state index in [1.807, 2.05) is 0 Å². The van der Waals surface area contributed by atoms with Gasteiger partial charge in [-0.15, -0.1) is 0 Å². The smallest absolute Gasteiger partial charge is 0.463 e. The van der Waals surface area contributed by atoms with Gasteiger partial charge in [0, 0.05) is 25.0 Å². The minimum Gasteiger partial charge on any atom is -0.463 e. The van der Waals surface area contributed by atoms with E-state index in [0.29, 0.717) is 25.7 Å². The molecular formula is C43H42O16. The van der Waals surface area contributed by atoms with Crippen LogP contribution < -0.4 is 14.2 Å². The van der Waals surface area contributed by atoms with Crippen LogP contribution in [0.3, 0.4) is 0 Å². The highest BCUT2D eigenvalue weighted by Gasteiger charge is 2.16. The highest BCUT2D eigenvalue weighted by atomic mass is 16.7. The molecule has 0 aliphatic heterocycles. The number of unbranched alkanes of at least 4 members (excludes halogenated alkanes) is 2. The fourth-order valence-electron chi connectivity index (χ4n) is 4.34. The van der Waals surface area contributed by atoms with Crippen LogP contribution in [-0.2, 0) is 38.0 Å². The predicted octanol–water partition coefficient (Wildman–Crippen LogP) is 7.78. The highest BCUT2D eigenvalue weighted by Crippen LogP contribution is 2.20. The van der Waals surface area contributed by atoms with Gasteiger partial charge < -0.3 is 42.6 Å². The number of hydrogen-bond donors (Lipinski definition) is 0. The zero-order chi connectivity index (χ0) is 43.0. The first kappa shape index (κ1) is 45.9. The van der Waals surface area contributed by atoms with E-state index in [1.165, 1.54) is 72.8 Å². The molecule has 3 aromatic rings. The Morgan fingerprint density at radius 1 is 0.424 bits per heavy atom. The van der Waals surface area contributed by atoms with Gasteiger partial charge in [0.25, 0.3) is 0 Å². The summed E-state index contributed by atoms with van der Waals surface area (Å²) in [6.45, 7) is 14.5. The summed E-state index contributed by atoms with van der Waals surface area (Å²) in [4.78, 5) is 83.6. The van der Waals surface area contributed by atoms with Gasteiger partial charge in [-0.05, 0) is 98.5 Å². The Balaban J connectivity index is 1.32. The van der Waals surface area contributed by atoms with E-state index in [1.54, 1.807) is 0 Å². The van der Waals surface area contributed by atoms with Crippen LogP contribution in [0.4, 0.5) is 9.59 Å². The van der Waals surface area contributed by atoms with Crippen molar-refractivity contribution in [2.75, 3.05) is 26.4 Å². The maximum atomic E-state index is 12.7. The number of benzene rings is 3. The summed E-state index contributed by atoms with van der Waals surface area (Å²) in [5.74, 6) is -2.64. The minimum atomic E-state index is -0.941. The normalized spacial score (nSPS) is 10.1.